The van der Waals surface area contributed by atoms with Crippen molar-refractivity contribution in [2.24, 2.45) is 0 Å². The number of rotatable bonds is 1. The summed E-state index contributed by atoms with van der Waals surface area (Å²) in [5, 5.41) is 0. The summed E-state index contributed by atoms with van der Waals surface area (Å²) in [6.07, 6.45) is 7.64. The van der Waals surface area contributed by atoms with Gasteiger partial charge in [-0.15, -0.1) is 0 Å². The molecule has 0 aliphatic carbocycles. The fourth-order valence-corrected chi connectivity index (χ4v) is 4.13. The number of aryl methyl sites for hydroxylation is 3. The summed E-state index contributed by atoms with van der Waals surface area (Å²) >= 11 is 0. The van der Waals surface area contributed by atoms with Crippen molar-refractivity contribution in [2.75, 3.05) is 0 Å². The molecule has 0 spiro atoms. The van der Waals surface area contributed by atoms with Gasteiger partial charge >= 0.3 is 6.69 Å². The van der Waals surface area contributed by atoms with Crippen LogP contribution in [-0.2, 0) is 0 Å². The molecule has 1 aromatic carbocycles. The van der Waals surface area contributed by atoms with Crippen molar-refractivity contribution < 1.29 is 8.80 Å². The van der Waals surface area contributed by atoms with E-state index in [1.54, 1.807) is 15.8 Å². The van der Waals surface area contributed by atoms with Gasteiger partial charge in [0, 0.05) is 17.8 Å². The minimum absolute atomic E-state index is 0.955. The molecular formula is C19H20BFN2. The summed E-state index contributed by atoms with van der Waals surface area (Å²) in [5.41, 5.74) is 7.95. The first kappa shape index (κ1) is 14.3. The second kappa shape index (κ2) is 4.57. The molecule has 2 aromatic rings. The monoisotopic (exact) mass is 306 g/mol. The van der Waals surface area contributed by atoms with Crippen molar-refractivity contribution in [1.29, 1.82) is 0 Å². The number of nitrogens with zero attached hydrogens (tertiary/aromatic N) is 2. The molecular weight excluding hydrogens is 286 g/mol. The van der Waals surface area contributed by atoms with Crippen LogP contribution in [0.5, 0.6) is 0 Å². The summed E-state index contributed by atoms with van der Waals surface area (Å²) in [6.45, 7) is 5.72. The standard InChI is InChI=1S/C19H20BFN2/c1-13-11-14(2)18(15(3)12-13)19-16-7-5-9-22(16)20(4,21)23-10-6-8-17(19)23/h5-12H,1-4H3. The molecule has 4 rings (SSSR count). The Labute approximate surface area is 136 Å². The summed E-state index contributed by atoms with van der Waals surface area (Å²) < 4.78 is 19.0. The first-order valence-corrected chi connectivity index (χ1v) is 8.09. The van der Waals surface area contributed by atoms with Crippen molar-refractivity contribution >= 4 is 18.5 Å². The Hall–Kier alpha value is -2.36. The molecule has 0 bridgehead atoms. The number of aromatic nitrogens is 1. The third kappa shape index (κ3) is 1.84. The van der Waals surface area contributed by atoms with Gasteiger partial charge in [0.1, 0.15) is 6.21 Å². The van der Waals surface area contributed by atoms with Gasteiger partial charge in [-0.1, -0.05) is 24.5 Å². The van der Waals surface area contributed by atoms with Crippen LogP contribution in [0.3, 0.4) is 0 Å². The van der Waals surface area contributed by atoms with E-state index in [0.29, 0.717) is 0 Å². The van der Waals surface area contributed by atoms with Crippen LogP contribution >= 0.6 is 0 Å². The van der Waals surface area contributed by atoms with Crippen LogP contribution in [0.2, 0.25) is 6.82 Å². The number of benzene rings is 1. The zero-order valence-corrected chi connectivity index (χ0v) is 14.0. The summed E-state index contributed by atoms with van der Waals surface area (Å²) in [4.78, 5) is 0. The Kier molecular flexibility index (Phi) is 2.83. The lowest BCUT2D eigenvalue weighted by Crippen LogP contribution is -2.50. The van der Waals surface area contributed by atoms with E-state index in [-0.39, 0.29) is 0 Å². The highest BCUT2D eigenvalue weighted by Gasteiger charge is 2.45. The van der Waals surface area contributed by atoms with Gasteiger partial charge in [-0.2, -0.15) is 0 Å². The number of fused-ring (bicyclic) bond motifs is 2. The van der Waals surface area contributed by atoms with Gasteiger partial charge in [0.2, 0.25) is 0 Å². The molecule has 116 valence electrons. The van der Waals surface area contributed by atoms with E-state index >= 15 is 4.32 Å². The lowest BCUT2D eigenvalue weighted by Gasteiger charge is -2.35. The molecule has 0 unspecified atom stereocenters. The second-order valence-electron chi connectivity index (χ2n) is 6.80. The van der Waals surface area contributed by atoms with Crippen molar-refractivity contribution in [1.82, 2.24) is 4.48 Å². The van der Waals surface area contributed by atoms with Crippen molar-refractivity contribution in [2.45, 2.75) is 27.6 Å². The molecule has 0 fully saturated rings. The van der Waals surface area contributed by atoms with Gasteiger partial charge in [0.05, 0.1) is 5.57 Å². The lowest BCUT2D eigenvalue weighted by molar-refractivity contribution is -0.341. The third-order valence-corrected chi connectivity index (χ3v) is 5.01. The lowest BCUT2D eigenvalue weighted by atomic mass is 9.68. The Morgan fingerprint density at radius 1 is 1.13 bits per heavy atom. The molecule has 1 aromatic heterocycles. The molecule has 2 aliphatic heterocycles. The minimum atomic E-state index is -2.33. The Morgan fingerprint density at radius 2 is 1.83 bits per heavy atom. The first-order chi connectivity index (χ1) is 10.9. The maximum Gasteiger partial charge on any atom is 0.544 e. The molecule has 2 nitrogen and oxygen atoms in total. The molecule has 0 amide bonds. The predicted molar refractivity (Wildman–Crippen MR) is 94.7 cm³/mol. The van der Waals surface area contributed by atoms with Crippen LogP contribution in [-0.4, -0.2) is 21.9 Å². The number of hydrogen-bond acceptors (Lipinski definition) is 0. The molecule has 0 saturated carbocycles. The second-order valence-corrected chi connectivity index (χ2v) is 6.80. The smallest absolute Gasteiger partial charge is 0.431 e. The van der Waals surface area contributed by atoms with Crippen LogP contribution in [0.15, 0.2) is 48.3 Å². The Balaban J connectivity index is 2.10. The SMILES string of the molecule is Cc1cc(C)c(C2=C3C=CC=[N+]3[B@-](C)(F)n3cccc32)c(C)c1. The van der Waals surface area contributed by atoms with E-state index in [1.807, 2.05) is 36.7 Å². The van der Waals surface area contributed by atoms with Crippen LogP contribution < -0.4 is 0 Å². The maximum absolute atomic E-state index is 15.5. The normalized spacial score (nSPS) is 22.2. The average Bonchev–Trinajstić information content (AvgIpc) is 3.11. The largest absolute Gasteiger partial charge is 0.544 e. The first-order valence-electron chi connectivity index (χ1n) is 8.09. The summed E-state index contributed by atoms with van der Waals surface area (Å²) in [7, 11) is 0. The van der Waals surface area contributed by atoms with E-state index in [0.717, 1.165) is 17.0 Å². The van der Waals surface area contributed by atoms with Gasteiger partial charge in [0.25, 0.3) is 0 Å². The highest BCUT2D eigenvalue weighted by Crippen LogP contribution is 2.40. The average molecular weight is 306 g/mol. The fourth-order valence-electron chi connectivity index (χ4n) is 4.13. The zero-order chi connectivity index (χ0) is 16.4. The Bertz CT molecular complexity index is 906. The molecule has 3 heterocycles. The van der Waals surface area contributed by atoms with Crippen LogP contribution in [0.1, 0.15) is 27.9 Å². The van der Waals surface area contributed by atoms with E-state index < -0.39 is 6.69 Å². The molecule has 1 atom stereocenters. The van der Waals surface area contributed by atoms with Crippen molar-refractivity contribution in [3.8, 4) is 0 Å². The molecule has 4 heteroatoms. The van der Waals surface area contributed by atoms with Gasteiger partial charge < -0.3 is 13.3 Å². The number of allylic oxidation sites excluding steroid dienone is 2. The predicted octanol–water partition coefficient (Wildman–Crippen LogP) is 4.23. The topological polar surface area (TPSA) is 7.94 Å². The summed E-state index contributed by atoms with van der Waals surface area (Å²) in [5.74, 6) is 0. The van der Waals surface area contributed by atoms with Gasteiger partial charge in [-0.05, 0) is 55.8 Å². The van der Waals surface area contributed by atoms with Gasteiger partial charge in [-0.3, -0.25) is 0 Å². The zero-order valence-electron chi connectivity index (χ0n) is 14.0. The van der Waals surface area contributed by atoms with Gasteiger partial charge in [0.15, 0.2) is 5.70 Å². The van der Waals surface area contributed by atoms with E-state index in [4.69, 9.17) is 0 Å². The third-order valence-electron chi connectivity index (χ3n) is 5.01. The van der Waals surface area contributed by atoms with E-state index in [2.05, 4.69) is 32.9 Å². The highest BCUT2D eigenvalue weighted by atomic mass is 19.1. The van der Waals surface area contributed by atoms with Gasteiger partial charge in [-0.25, -0.2) is 0 Å². The fraction of sp³-hybridized carbons (Fsp3) is 0.211. The Morgan fingerprint density at radius 3 is 2.52 bits per heavy atom. The number of hydrogen-bond donors (Lipinski definition) is 0. The van der Waals surface area contributed by atoms with Crippen molar-refractivity contribution in [3.63, 3.8) is 0 Å². The quantitative estimate of drug-likeness (QED) is 0.697. The van der Waals surface area contributed by atoms with E-state index in [9.17, 15) is 0 Å². The molecule has 2 aliphatic rings. The van der Waals surface area contributed by atoms with Crippen LogP contribution in [0.25, 0.3) is 5.57 Å². The molecule has 0 N–H and O–H groups in total. The molecule has 0 saturated heterocycles. The van der Waals surface area contributed by atoms with Crippen LogP contribution in [0, 0.1) is 20.8 Å². The van der Waals surface area contributed by atoms with E-state index in [1.165, 1.54) is 22.3 Å². The summed E-state index contributed by atoms with van der Waals surface area (Å²) in [6, 6.07) is 8.35. The maximum atomic E-state index is 15.5. The minimum Gasteiger partial charge on any atom is -0.431 e. The molecule has 0 radical (unpaired) electrons. The van der Waals surface area contributed by atoms with Crippen LogP contribution in [0.4, 0.5) is 4.32 Å². The molecule has 23 heavy (non-hydrogen) atoms. The number of halogens is 1. The highest BCUT2D eigenvalue weighted by molar-refractivity contribution is 6.63. The van der Waals surface area contributed by atoms with Crippen molar-refractivity contribution in [3.05, 3.63) is 76.3 Å².